The lowest BCUT2D eigenvalue weighted by Crippen LogP contribution is -2.41. The minimum Gasteiger partial charge on any atom is -0.352 e. The standard InChI is InChI=1S/C27H30N6O/c1-17-12-13-23(18(2)15-17)28-27(34)21-9-8-14-32(16-21)26-25-24(19(3)29-30-26)20(4)33(31-25)22-10-6-5-7-11-22/h5-7,10-13,15,21H,8-9,14,16H2,1-4H3,(H,28,34)/t21-/m0/s1. The Balaban J connectivity index is 1.44. The molecule has 1 amide bonds. The largest absolute Gasteiger partial charge is 0.352 e. The zero-order chi connectivity index (χ0) is 23.8. The number of aryl methyl sites for hydroxylation is 4. The second-order valence-electron chi connectivity index (χ2n) is 9.26. The summed E-state index contributed by atoms with van der Waals surface area (Å²) >= 11 is 0. The number of hydrogen-bond donors (Lipinski definition) is 1. The minimum atomic E-state index is -0.120. The molecule has 1 saturated heterocycles. The van der Waals surface area contributed by atoms with Crippen LogP contribution in [0.3, 0.4) is 0 Å². The molecule has 1 aliphatic heterocycles. The molecule has 0 saturated carbocycles. The maximum atomic E-state index is 13.1. The van der Waals surface area contributed by atoms with Gasteiger partial charge in [-0.3, -0.25) is 4.79 Å². The Kier molecular flexibility index (Phi) is 5.77. The van der Waals surface area contributed by atoms with Gasteiger partial charge in [-0.15, -0.1) is 5.10 Å². The van der Waals surface area contributed by atoms with E-state index in [1.165, 1.54) is 5.56 Å². The SMILES string of the molecule is Cc1ccc(NC(=O)[C@H]2CCCN(c3nnc(C)c4c(C)n(-c5ccccc5)nc34)C2)c(C)c1. The monoisotopic (exact) mass is 454 g/mol. The number of nitrogens with zero attached hydrogens (tertiary/aromatic N) is 5. The first kappa shape index (κ1) is 22.1. The summed E-state index contributed by atoms with van der Waals surface area (Å²) in [5.74, 6) is 0.686. The van der Waals surface area contributed by atoms with E-state index in [9.17, 15) is 4.79 Å². The normalized spacial score (nSPS) is 16.1. The van der Waals surface area contributed by atoms with Crippen molar-refractivity contribution in [3.63, 3.8) is 0 Å². The van der Waals surface area contributed by atoms with Gasteiger partial charge in [-0.05, 0) is 64.3 Å². The fourth-order valence-corrected chi connectivity index (χ4v) is 4.92. The van der Waals surface area contributed by atoms with E-state index in [0.29, 0.717) is 6.54 Å². The van der Waals surface area contributed by atoms with Gasteiger partial charge >= 0.3 is 0 Å². The molecule has 2 aromatic carbocycles. The number of para-hydroxylation sites is 1. The lowest BCUT2D eigenvalue weighted by molar-refractivity contribution is -0.120. The molecule has 0 unspecified atom stereocenters. The zero-order valence-corrected chi connectivity index (χ0v) is 20.2. The first-order chi connectivity index (χ1) is 16.4. The van der Waals surface area contributed by atoms with Crippen molar-refractivity contribution >= 4 is 28.3 Å². The molecule has 0 bridgehead atoms. The van der Waals surface area contributed by atoms with Crippen LogP contribution in [0.25, 0.3) is 16.6 Å². The molecule has 7 heteroatoms. The number of anilines is 2. The molecule has 5 rings (SSSR count). The van der Waals surface area contributed by atoms with Crippen LogP contribution in [0.1, 0.15) is 35.4 Å². The van der Waals surface area contributed by atoms with E-state index >= 15 is 0 Å². The Hall–Kier alpha value is -3.74. The highest BCUT2D eigenvalue weighted by molar-refractivity contribution is 5.95. The molecule has 34 heavy (non-hydrogen) atoms. The van der Waals surface area contributed by atoms with Gasteiger partial charge < -0.3 is 10.2 Å². The van der Waals surface area contributed by atoms with Crippen molar-refractivity contribution in [2.24, 2.45) is 5.92 Å². The van der Waals surface area contributed by atoms with Crippen LogP contribution in [0.4, 0.5) is 11.5 Å². The molecule has 1 aliphatic rings. The van der Waals surface area contributed by atoms with E-state index in [2.05, 4.69) is 40.3 Å². The summed E-state index contributed by atoms with van der Waals surface area (Å²) in [7, 11) is 0. The van der Waals surface area contributed by atoms with Gasteiger partial charge in [-0.1, -0.05) is 35.9 Å². The summed E-state index contributed by atoms with van der Waals surface area (Å²) in [5.41, 5.74) is 6.88. The molecule has 7 nitrogen and oxygen atoms in total. The van der Waals surface area contributed by atoms with Gasteiger partial charge in [0.05, 0.1) is 28.4 Å². The lowest BCUT2D eigenvalue weighted by atomic mass is 9.96. The third-order valence-corrected chi connectivity index (χ3v) is 6.72. The topological polar surface area (TPSA) is 75.9 Å². The first-order valence-corrected chi connectivity index (χ1v) is 11.8. The van der Waals surface area contributed by atoms with Crippen molar-refractivity contribution in [3.05, 3.63) is 71.0 Å². The van der Waals surface area contributed by atoms with Crippen LogP contribution in [-0.2, 0) is 4.79 Å². The van der Waals surface area contributed by atoms with Crippen LogP contribution >= 0.6 is 0 Å². The number of fused-ring (bicyclic) bond motifs is 1. The molecule has 4 aromatic rings. The van der Waals surface area contributed by atoms with Crippen LogP contribution in [-0.4, -0.2) is 39.0 Å². The Morgan fingerprint density at radius 3 is 2.59 bits per heavy atom. The molecule has 174 valence electrons. The number of carbonyl (C=O) groups excluding carboxylic acids is 1. The molecule has 0 spiro atoms. The Morgan fingerprint density at radius 1 is 1.03 bits per heavy atom. The summed E-state index contributed by atoms with van der Waals surface area (Å²) in [6.45, 7) is 9.55. The predicted octanol–water partition coefficient (Wildman–Crippen LogP) is 4.90. The molecule has 0 radical (unpaired) electrons. The number of carbonyl (C=O) groups is 1. The van der Waals surface area contributed by atoms with E-state index in [1.807, 2.05) is 61.0 Å². The maximum absolute atomic E-state index is 13.1. The highest BCUT2D eigenvalue weighted by Gasteiger charge is 2.29. The predicted molar refractivity (Wildman–Crippen MR) is 136 cm³/mol. The van der Waals surface area contributed by atoms with E-state index in [4.69, 9.17) is 5.10 Å². The summed E-state index contributed by atoms with van der Waals surface area (Å²) in [6, 6.07) is 16.2. The molecule has 0 aliphatic carbocycles. The minimum absolute atomic E-state index is 0.0546. The summed E-state index contributed by atoms with van der Waals surface area (Å²) in [5, 5.41) is 18.1. The second kappa shape index (κ2) is 8.89. The molecule has 3 heterocycles. The van der Waals surface area contributed by atoms with Crippen LogP contribution in [0, 0.1) is 33.6 Å². The lowest BCUT2D eigenvalue weighted by Gasteiger charge is -2.32. The van der Waals surface area contributed by atoms with Gasteiger partial charge in [0.2, 0.25) is 5.91 Å². The van der Waals surface area contributed by atoms with Gasteiger partial charge in [0.15, 0.2) is 5.82 Å². The first-order valence-electron chi connectivity index (χ1n) is 11.8. The van der Waals surface area contributed by atoms with Gasteiger partial charge in [0, 0.05) is 18.8 Å². The Labute approximate surface area is 199 Å². The van der Waals surface area contributed by atoms with E-state index in [-0.39, 0.29) is 11.8 Å². The molecule has 1 fully saturated rings. The zero-order valence-electron chi connectivity index (χ0n) is 20.2. The number of piperidine rings is 1. The number of amides is 1. The average molecular weight is 455 g/mol. The number of rotatable bonds is 4. The summed E-state index contributed by atoms with van der Waals surface area (Å²) in [6.07, 6.45) is 1.77. The third-order valence-electron chi connectivity index (χ3n) is 6.72. The summed E-state index contributed by atoms with van der Waals surface area (Å²) in [4.78, 5) is 15.3. The molecular weight excluding hydrogens is 424 g/mol. The molecule has 1 N–H and O–H groups in total. The summed E-state index contributed by atoms with van der Waals surface area (Å²) < 4.78 is 1.96. The smallest absolute Gasteiger partial charge is 0.229 e. The average Bonchev–Trinajstić information content (AvgIpc) is 3.19. The Morgan fingerprint density at radius 2 is 1.82 bits per heavy atom. The number of hydrogen-bond acceptors (Lipinski definition) is 5. The molecular formula is C27H30N6O. The molecule has 2 aromatic heterocycles. The van der Waals surface area contributed by atoms with Crippen LogP contribution in [0.2, 0.25) is 0 Å². The van der Waals surface area contributed by atoms with Crippen molar-refractivity contribution in [2.75, 3.05) is 23.3 Å². The second-order valence-corrected chi connectivity index (χ2v) is 9.26. The highest BCUT2D eigenvalue weighted by Crippen LogP contribution is 2.32. The number of aromatic nitrogens is 4. The van der Waals surface area contributed by atoms with Crippen LogP contribution in [0.15, 0.2) is 48.5 Å². The van der Waals surface area contributed by atoms with Gasteiger partial charge in [-0.2, -0.15) is 10.2 Å². The van der Waals surface area contributed by atoms with E-state index < -0.39 is 0 Å². The Bertz CT molecular complexity index is 1360. The van der Waals surface area contributed by atoms with E-state index in [0.717, 1.165) is 64.4 Å². The fraction of sp³-hybridized carbons (Fsp3) is 0.333. The fourth-order valence-electron chi connectivity index (χ4n) is 4.92. The van der Waals surface area contributed by atoms with E-state index in [1.54, 1.807) is 0 Å². The van der Waals surface area contributed by atoms with Crippen LogP contribution < -0.4 is 10.2 Å². The van der Waals surface area contributed by atoms with Crippen molar-refractivity contribution in [2.45, 2.75) is 40.5 Å². The van der Waals surface area contributed by atoms with Gasteiger partial charge in [0.1, 0.15) is 5.52 Å². The highest BCUT2D eigenvalue weighted by atomic mass is 16.1. The van der Waals surface area contributed by atoms with Gasteiger partial charge in [-0.25, -0.2) is 4.68 Å². The van der Waals surface area contributed by atoms with Crippen molar-refractivity contribution < 1.29 is 4.79 Å². The third kappa shape index (κ3) is 4.02. The molecule has 1 atom stereocenters. The van der Waals surface area contributed by atoms with Gasteiger partial charge in [0.25, 0.3) is 0 Å². The van der Waals surface area contributed by atoms with Crippen molar-refractivity contribution in [3.8, 4) is 5.69 Å². The van der Waals surface area contributed by atoms with Crippen LogP contribution in [0.5, 0.6) is 0 Å². The van der Waals surface area contributed by atoms with Crippen molar-refractivity contribution in [1.82, 2.24) is 20.0 Å². The van der Waals surface area contributed by atoms with Crippen molar-refractivity contribution in [1.29, 1.82) is 0 Å². The number of benzene rings is 2. The number of nitrogens with one attached hydrogen (secondary N) is 1. The quantitative estimate of drug-likeness (QED) is 0.474. The maximum Gasteiger partial charge on any atom is 0.229 e.